The third-order valence-corrected chi connectivity index (χ3v) is 5.15. The molecule has 0 saturated heterocycles. The molecule has 0 unspecified atom stereocenters. The maximum Gasteiger partial charge on any atom is 0.247 e. The first-order valence-electron chi connectivity index (χ1n) is 6.33. The fraction of sp³-hybridized carbons (Fsp3) is 0.462. The van der Waals surface area contributed by atoms with Crippen molar-refractivity contribution in [3.63, 3.8) is 0 Å². The van der Waals surface area contributed by atoms with Crippen LogP contribution >= 0.6 is 0 Å². The summed E-state index contributed by atoms with van der Waals surface area (Å²) in [6.07, 6.45) is 1.82. The van der Waals surface area contributed by atoms with E-state index in [0.29, 0.717) is 5.69 Å². The molecule has 0 amide bonds. The second-order valence-corrected chi connectivity index (χ2v) is 6.52. The molecule has 1 fully saturated rings. The number of methoxy groups -OCH3 is 1. The van der Waals surface area contributed by atoms with Crippen molar-refractivity contribution in [2.24, 2.45) is 0 Å². The van der Waals surface area contributed by atoms with E-state index in [1.165, 1.54) is 23.5 Å². The second-order valence-electron chi connectivity index (χ2n) is 4.67. The Morgan fingerprint density at radius 1 is 1.50 bits per heavy atom. The van der Waals surface area contributed by atoms with Gasteiger partial charge >= 0.3 is 0 Å². The van der Waals surface area contributed by atoms with Crippen LogP contribution in [0.15, 0.2) is 23.1 Å². The molecule has 1 aromatic carbocycles. The number of nitrogens with two attached hydrogens (primary N) is 1. The number of sulfonamides is 1. The van der Waals surface area contributed by atoms with Gasteiger partial charge < -0.3 is 10.5 Å². The minimum atomic E-state index is -3.70. The summed E-state index contributed by atoms with van der Waals surface area (Å²) < 4.78 is 32.0. The molecule has 7 heteroatoms. The molecular formula is C13H17N3O3S. The van der Waals surface area contributed by atoms with E-state index in [1.807, 2.05) is 6.07 Å². The van der Waals surface area contributed by atoms with Gasteiger partial charge in [0, 0.05) is 24.7 Å². The molecule has 0 radical (unpaired) electrons. The van der Waals surface area contributed by atoms with Crippen LogP contribution in [-0.4, -0.2) is 32.4 Å². The molecule has 108 valence electrons. The maximum absolute atomic E-state index is 12.7. The van der Waals surface area contributed by atoms with Crippen molar-refractivity contribution in [1.82, 2.24) is 4.31 Å². The Morgan fingerprint density at radius 2 is 2.20 bits per heavy atom. The standard InChI is InChI=1S/C13H17N3O3S/c1-19-12-6-3-10(15)9-13(12)20(17,18)16(8-2-7-14)11-4-5-11/h3,6,9,11H,2,4-5,8,15H2,1H3. The van der Waals surface area contributed by atoms with Gasteiger partial charge in [-0.15, -0.1) is 0 Å². The SMILES string of the molecule is COc1ccc(N)cc1S(=O)(=O)N(CCC#N)C1CC1. The molecule has 2 N–H and O–H groups in total. The van der Waals surface area contributed by atoms with Crippen LogP contribution < -0.4 is 10.5 Å². The molecule has 0 bridgehead atoms. The van der Waals surface area contributed by atoms with Crippen molar-refractivity contribution in [3.8, 4) is 11.8 Å². The van der Waals surface area contributed by atoms with Crippen LogP contribution in [0.2, 0.25) is 0 Å². The lowest BCUT2D eigenvalue weighted by atomic mass is 10.3. The van der Waals surface area contributed by atoms with E-state index in [1.54, 1.807) is 6.07 Å². The lowest BCUT2D eigenvalue weighted by Crippen LogP contribution is -2.34. The lowest BCUT2D eigenvalue weighted by Gasteiger charge is -2.22. The van der Waals surface area contributed by atoms with Crippen LogP contribution in [0.1, 0.15) is 19.3 Å². The second kappa shape index (κ2) is 5.69. The first kappa shape index (κ1) is 14.6. The third kappa shape index (κ3) is 2.86. The molecule has 6 nitrogen and oxygen atoms in total. The van der Waals surface area contributed by atoms with Crippen molar-refractivity contribution in [1.29, 1.82) is 5.26 Å². The number of ether oxygens (including phenoxy) is 1. The van der Waals surface area contributed by atoms with E-state index in [4.69, 9.17) is 15.7 Å². The molecule has 0 aliphatic heterocycles. The van der Waals surface area contributed by atoms with Gasteiger partial charge in [0.2, 0.25) is 10.0 Å². The summed E-state index contributed by atoms with van der Waals surface area (Å²) in [6.45, 7) is 0.196. The highest BCUT2D eigenvalue weighted by Gasteiger charge is 2.39. The van der Waals surface area contributed by atoms with Gasteiger partial charge in [0.05, 0.1) is 13.2 Å². The number of hydrogen-bond acceptors (Lipinski definition) is 5. The molecule has 0 heterocycles. The zero-order chi connectivity index (χ0) is 14.8. The van der Waals surface area contributed by atoms with E-state index < -0.39 is 10.0 Å². The molecule has 1 saturated carbocycles. The largest absolute Gasteiger partial charge is 0.495 e. The van der Waals surface area contributed by atoms with Gasteiger partial charge in [0.15, 0.2) is 0 Å². The minimum Gasteiger partial charge on any atom is -0.495 e. The van der Waals surface area contributed by atoms with Crippen LogP contribution in [0.5, 0.6) is 5.75 Å². The Morgan fingerprint density at radius 3 is 2.75 bits per heavy atom. The predicted molar refractivity (Wildman–Crippen MR) is 74.6 cm³/mol. The first-order chi connectivity index (χ1) is 9.50. The molecular weight excluding hydrogens is 278 g/mol. The number of nitriles is 1. The van der Waals surface area contributed by atoms with Crippen molar-refractivity contribution in [3.05, 3.63) is 18.2 Å². The number of nitrogens with zero attached hydrogens (tertiary/aromatic N) is 2. The number of anilines is 1. The quantitative estimate of drug-likeness (QED) is 0.799. The topological polar surface area (TPSA) is 96.4 Å². The van der Waals surface area contributed by atoms with Crippen LogP contribution in [0.4, 0.5) is 5.69 Å². The smallest absolute Gasteiger partial charge is 0.247 e. The van der Waals surface area contributed by atoms with E-state index in [9.17, 15) is 8.42 Å². The summed E-state index contributed by atoms with van der Waals surface area (Å²) in [5, 5.41) is 8.68. The highest BCUT2D eigenvalue weighted by Crippen LogP contribution is 2.35. The summed E-state index contributed by atoms with van der Waals surface area (Å²) in [4.78, 5) is 0.0600. The zero-order valence-electron chi connectivity index (χ0n) is 11.2. The Kier molecular flexibility index (Phi) is 4.16. The van der Waals surface area contributed by atoms with Crippen molar-refractivity contribution >= 4 is 15.7 Å². The van der Waals surface area contributed by atoms with Gasteiger partial charge in [0.25, 0.3) is 0 Å². The van der Waals surface area contributed by atoms with Crippen molar-refractivity contribution in [2.75, 3.05) is 19.4 Å². The maximum atomic E-state index is 12.7. The molecule has 1 aliphatic rings. The van der Waals surface area contributed by atoms with Crippen LogP contribution in [0.3, 0.4) is 0 Å². The highest BCUT2D eigenvalue weighted by molar-refractivity contribution is 7.89. The zero-order valence-corrected chi connectivity index (χ0v) is 12.1. The average Bonchev–Trinajstić information content (AvgIpc) is 3.23. The highest BCUT2D eigenvalue weighted by atomic mass is 32.2. The summed E-state index contributed by atoms with van der Waals surface area (Å²) in [7, 11) is -2.28. The average molecular weight is 295 g/mol. The number of benzene rings is 1. The van der Waals surface area contributed by atoms with E-state index >= 15 is 0 Å². The number of nitrogen functional groups attached to an aromatic ring is 1. The molecule has 0 aromatic heterocycles. The Balaban J connectivity index is 2.42. The summed E-state index contributed by atoms with van der Waals surface area (Å²) in [5.41, 5.74) is 6.04. The van der Waals surface area contributed by atoms with Gasteiger partial charge in [-0.1, -0.05) is 0 Å². The van der Waals surface area contributed by atoms with Crippen molar-refractivity contribution in [2.45, 2.75) is 30.2 Å². The first-order valence-corrected chi connectivity index (χ1v) is 7.77. The van der Waals surface area contributed by atoms with Crippen LogP contribution in [0, 0.1) is 11.3 Å². The minimum absolute atomic E-state index is 0.0144. The van der Waals surface area contributed by atoms with Gasteiger partial charge in [0.1, 0.15) is 10.6 Å². The summed E-state index contributed by atoms with van der Waals surface area (Å²) in [6, 6.07) is 6.50. The molecule has 0 spiro atoms. The third-order valence-electron chi connectivity index (χ3n) is 3.17. The van der Waals surface area contributed by atoms with Crippen LogP contribution in [0.25, 0.3) is 0 Å². The number of rotatable bonds is 6. The Bertz CT molecular complexity index is 633. The normalized spacial score (nSPS) is 15.1. The monoisotopic (exact) mass is 295 g/mol. The van der Waals surface area contributed by atoms with Gasteiger partial charge in [-0.25, -0.2) is 8.42 Å². The van der Waals surface area contributed by atoms with Crippen molar-refractivity contribution < 1.29 is 13.2 Å². The van der Waals surface area contributed by atoms with E-state index in [2.05, 4.69) is 0 Å². The van der Waals surface area contributed by atoms with E-state index in [-0.39, 0.29) is 29.7 Å². The predicted octanol–water partition coefficient (Wildman–Crippen LogP) is 1.34. The molecule has 2 rings (SSSR count). The van der Waals surface area contributed by atoms with E-state index in [0.717, 1.165) is 12.8 Å². The number of hydrogen-bond donors (Lipinski definition) is 1. The van der Waals surface area contributed by atoms with Crippen LogP contribution in [-0.2, 0) is 10.0 Å². The molecule has 1 aliphatic carbocycles. The van der Waals surface area contributed by atoms with Gasteiger partial charge in [-0.05, 0) is 31.0 Å². The summed E-state index contributed by atoms with van der Waals surface area (Å²) >= 11 is 0. The lowest BCUT2D eigenvalue weighted by molar-refractivity contribution is 0.387. The van der Waals surface area contributed by atoms with Gasteiger partial charge in [-0.2, -0.15) is 9.57 Å². The summed E-state index contributed by atoms with van der Waals surface area (Å²) in [5.74, 6) is 0.266. The fourth-order valence-corrected chi connectivity index (χ4v) is 3.92. The fourth-order valence-electron chi connectivity index (χ4n) is 2.04. The van der Waals surface area contributed by atoms with Gasteiger partial charge in [-0.3, -0.25) is 0 Å². The Labute approximate surface area is 118 Å². The molecule has 20 heavy (non-hydrogen) atoms. The molecule has 1 aromatic rings. The molecule has 0 atom stereocenters. The Hall–Kier alpha value is -1.78.